The molecule has 5 rings (SSSR count). The Bertz CT molecular complexity index is 998. The van der Waals surface area contributed by atoms with Gasteiger partial charge >= 0.3 is 0 Å². The maximum Gasteiger partial charge on any atom is 0.239 e. The van der Waals surface area contributed by atoms with E-state index >= 15 is 0 Å². The standard InChI is InChI=1S/C19H20N6OS/c1-11-23-24-19(27-11)16-6-12-7-17(21-9-13(12)8-20-16)22-18(26)10-25-14-2-3-15(25)5-4-14/h6-9,14-15H,2-5,10H2,1H3,(H,21,22,26). The number of rotatable bonds is 4. The van der Waals surface area contributed by atoms with E-state index in [1.54, 1.807) is 12.4 Å². The smallest absolute Gasteiger partial charge is 0.239 e. The van der Waals surface area contributed by atoms with E-state index in [0.29, 0.717) is 24.4 Å². The van der Waals surface area contributed by atoms with Gasteiger partial charge in [-0.2, -0.15) is 0 Å². The van der Waals surface area contributed by atoms with Crippen molar-refractivity contribution in [2.24, 2.45) is 0 Å². The van der Waals surface area contributed by atoms with Gasteiger partial charge in [-0.3, -0.25) is 14.7 Å². The third-order valence-corrected chi connectivity index (χ3v) is 6.41. The third kappa shape index (κ3) is 3.19. The number of nitrogens with zero attached hydrogens (tertiary/aromatic N) is 5. The maximum absolute atomic E-state index is 12.5. The van der Waals surface area contributed by atoms with Crippen LogP contribution < -0.4 is 5.32 Å². The molecule has 2 saturated heterocycles. The van der Waals surface area contributed by atoms with Gasteiger partial charge in [-0.1, -0.05) is 11.3 Å². The van der Waals surface area contributed by atoms with E-state index in [9.17, 15) is 4.79 Å². The van der Waals surface area contributed by atoms with E-state index in [-0.39, 0.29) is 5.91 Å². The number of amides is 1. The Morgan fingerprint density at radius 1 is 1.11 bits per heavy atom. The van der Waals surface area contributed by atoms with Crippen LogP contribution in [0.25, 0.3) is 21.5 Å². The molecule has 0 spiro atoms. The fraction of sp³-hybridized carbons (Fsp3) is 0.421. The summed E-state index contributed by atoms with van der Waals surface area (Å²) in [4.78, 5) is 23.7. The molecule has 0 saturated carbocycles. The highest BCUT2D eigenvalue weighted by atomic mass is 32.1. The van der Waals surface area contributed by atoms with Crippen molar-refractivity contribution in [1.29, 1.82) is 0 Å². The summed E-state index contributed by atoms with van der Waals surface area (Å²) < 4.78 is 0. The number of nitrogens with one attached hydrogen (secondary N) is 1. The minimum absolute atomic E-state index is 0.00896. The molecular weight excluding hydrogens is 360 g/mol. The lowest BCUT2D eigenvalue weighted by atomic mass is 10.0. The van der Waals surface area contributed by atoms with Gasteiger partial charge in [-0.25, -0.2) is 4.98 Å². The molecule has 3 aromatic heterocycles. The highest BCUT2D eigenvalue weighted by Crippen LogP contribution is 2.37. The number of anilines is 1. The molecule has 2 aliphatic rings. The number of carbonyl (C=O) groups excluding carboxylic acids is 1. The summed E-state index contributed by atoms with van der Waals surface area (Å²) in [5.74, 6) is 0.583. The van der Waals surface area contributed by atoms with Crippen LogP contribution in [0, 0.1) is 6.92 Å². The molecule has 138 valence electrons. The zero-order valence-corrected chi connectivity index (χ0v) is 15.9. The number of aryl methyl sites for hydroxylation is 1. The van der Waals surface area contributed by atoms with Crippen molar-refractivity contribution in [2.45, 2.75) is 44.7 Å². The second-order valence-corrected chi connectivity index (χ2v) is 8.48. The molecule has 0 aliphatic carbocycles. The Morgan fingerprint density at radius 2 is 1.85 bits per heavy atom. The Labute approximate surface area is 160 Å². The van der Waals surface area contributed by atoms with Crippen LogP contribution in [0.5, 0.6) is 0 Å². The van der Waals surface area contributed by atoms with Gasteiger partial charge in [0.05, 0.1) is 6.54 Å². The predicted octanol–water partition coefficient (Wildman–Crippen LogP) is 3.02. The monoisotopic (exact) mass is 380 g/mol. The van der Waals surface area contributed by atoms with Crippen molar-refractivity contribution in [3.05, 3.63) is 29.5 Å². The zero-order chi connectivity index (χ0) is 18.4. The highest BCUT2D eigenvalue weighted by Gasteiger charge is 2.39. The van der Waals surface area contributed by atoms with Crippen molar-refractivity contribution in [3.63, 3.8) is 0 Å². The van der Waals surface area contributed by atoms with E-state index in [2.05, 4.69) is 30.4 Å². The zero-order valence-electron chi connectivity index (χ0n) is 15.1. The highest BCUT2D eigenvalue weighted by molar-refractivity contribution is 7.14. The van der Waals surface area contributed by atoms with Gasteiger partial charge in [0.25, 0.3) is 0 Å². The fourth-order valence-corrected chi connectivity index (χ4v) is 4.91. The van der Waals surface area contributed by atoms with Crippen molar-refractivity contribution < 1.29 is 4.79 Å². The Balaban J connectivity index is 1.35. The molecule has 0 unspecified atom stereocenters. The van der Waals surface area contributed by atoms with Crippen LogP contribution in [0.2, 0.25) is 0 Å². The summed E-state index contributed by atoms with van der Waals surface area (Å²) in [5.41, 5.74) is 0.783. The van der Waals surface area contributed by atoms with Gasteiger partial charge in [0.1, 0.15) is 16.5 Å². The molecule has 2 fully saturated rings. The van der Waals surface area contributed by atoms with Gasteiger partial charge in [0, 0.05) is 29.9 Å². The molecule has 0 radical (unpaired) electrons. The average molecular weight is 380 g/mol. The van der Waals surface area contributed by atoms with E-state index < -0.39 is 0 Å². The van der Waals surface area contributed by atoms with E-state index in [0.717, 1.165) is 26.5 Å². The van der Waals surface area contributed by atoms with Crippen molar-refractivity contribution in [1.82, 2.24) is 25.1 Å². The SMILES string of the molecule is Cc1nnc(-c2cc3cc(NC(=O)CN4C5CCC4CC5)ncc3cn2)s1. The van der Waals surface area contributed by atoms with E-state index in [1.807, 2.05) is 19.1 Å². The number of carbonyl (C=O) groups is 1. The third-order valence-electron chi connectivity index (χ3n) is 5.55. The van der Waals surface area contributed by atoms with Gasteiger partial charge in [-0.05, 0) is 50.1 Å². The molecule has 2 aliphatic heterocycles. The first-order valence-electron chi connectivity index (χ1n) is 9.27. The van der Waals surface area contributed by atoms with Gasteiger partial charge in [-0.15, -0.1) is 10.2 Å². The normalized spacial score (nSPS) is 21.8. The van der Waals surface area contributed by atoms with E-state index in [1.165, 1.54) is 37.0 Å². The molecule has 5 heterocycles. The number of pyridine rings is 2. The molecule has 0 atom stereocenters. The first-order valence-corrected chi connectivity index (χ1v) is 10.1. The second-order valence-electron chi connectivity index (χ2n) is 7.30. The molecule has 1 N–H and O–H groups in total. The summed E-state index contributed by atoms with van der Waals surface area (Å²) >= 11 is 1.51. The number of hydrogen-bond donors (Lipinski definition) is 1. The molecule has 2 bridgehead atoms. The fourth-order valence-electron chi connectivity index (χ4n) is 4.25. The number of aromatic nitrogens is 4. The van der Waals surface area contributed by atoms with Crippen molar-refractivity contribution in [2.75, 3.05) is 11.9 Å². The molecular formula is C19H20N6OS. The Kier molecular flexibility index (Phi) is 4.09. The van der Waals surface area contributed by atoms with E-state index in [4.69, 9.17) is 0 Å². The molecule has 1 amide bonds. The lowest BCUT2D eigenvalue weighted by molar-refractivity contribution is -0.117. The van der Waals surface area contributed by atoms with Crippen LogP contribution in [0.3, 0.4) is 0 Å². The average Bonchev–Trinajstić information content (AvgIpc) is 3.37. The van der Waals surface area contributed by atoms with Gasteiger partial charge < -0.3 is 5.32 Å². The topological polar surface area (TPSA) is 83.9 Å². The minimum Gasteiger partial charge on any atom is -0.310 e. The van der Waals surface area contributed by atoms with Gasteiger partial charge in [0.15, 0.2) is 5.01 Å². The van der Waals surface area contributed by atoms with Crippen LogP contribution in [0.15, 0.2) is 24.5 Å². The molecule has 0 aromatic carbocycles. The Hall–Kier alpha value is -2.45. The van der Waals surface area contributed by atoms with Gasteiger partial charge in [0.2, 0.25) is 5.91 Å². The lowest BCUT2D eigenvalue weighted by Crippen LogP contribution is -2.36. The first kappa shape index (κ1) is 16.7. The summed E-state index contributed by atoms with van der Waals surface area (Å²) in [6.07, 6.45) is 8.44. The molecule has 7 nitrogen and oxygen atoms in total. The minimum atomic E-state index is 0.00896. The van der Waals surface area contributed by atoms with Crippen LogP contribution in [-0.4, -0.2) is 49.6 Å². The predicted molar refractivity (Wildman–Crippen MR) is 105 cm³/mol. The van der Waals surface area contributed by atoms with Crippen molar-refractivity contribution >= 4 is 33.8 Å². The van der Waals surface area contributed by atoms with Crippen molar-refractivity contribution in [3.8, 4) is 10.7 Å². The summed E-state index contributed by atoms with van der Waals surface area (Å²) in [7, 11) is 0. The summed E-state index contributed by atoms with van der Waals surface area (Å²) in [6.45, 7) is 2.38. The quantitative estimate of drug-likeness (QED) is 0.749. The molecule has 8 heteroatoms. The summed E-state index contributed by atoms with van der Waals surface area (Å²) in [5, 5.41) is 14.8. The summed E-state index contributed by atoms with van der Waals surface area (Å²) in [6, 6.07) is 5.04. The largest absolute Gasteiger partial charge is 0.310 e. The van der Waals surface area contributed by atoms with Crippen LogP contribution in [-0.2, 0) is 4.79 Å². The first-order chi connectivity index (χ1) is 13.2. The number of hydrogen-bond acceptors (Lipinski definition) is 7. The Morgan fingerprint density at radius 3 is 2.56 bits per heavy atom. The number of fused-ring (bicyclic) bond motifs is 3. The molecule has 27 heavy (non-hydrogen) atoms. The second kappa shape index (κ2) is 6.61. The van der Waals surface area contributed by atoms with Crippen LogP contribution >= 0.6 is 11.3 Å². The maximum atomic E-state index is 12.5. The van der Waals surface area contributed by atoms with Crippen LogP contribution in [0.1, 0.15) is 30.7 Å². The lowest BCUT2D eigenvalue weighted by Gasteiger charge is -2.20. The molecule has 3 aromatic rings. The van der Waals surface area contributed by atoms with Crippen LogP contribution in [0.4, 0.5) is 5.82 Å².